The van der Waals surface area contributed by atoms with Crippen LogP contribution >= 0.6 is 0 Å². The lowest BCUT2D eigenvalue weighted by Crippen LogP contribution is -2.39. The average molecular weight is 416 g/mol. The minimum atomic E-state index is -3.75. The van der Waals surface area contributed by atoms with Gasteiger partial charge in [0.1, 0.15) is 0 Å². The lowest BCUT2D eigenvalue weighted by atomic mass is 9.62. The Morgan fingerprint density at radius 3 is 2.37 bits per heavy atom. The number of hydrogen-bond donors (Lipinski definition) is 2. The summed E-state index contributed by atoms with van der Waals surface area (Å²) >= 11 is 0. The highest BCUT2D eigenvalue weighted by Crippen LogP contribution is 2.51. The zero-order valence-electron chi connectivity index (χ0n) is 17.4. The summed E-state index contributed by atoms with van der Waals surface area (Å²) in [5.74, 6) is -5.21. The molecule has 0 radical (unpaired) electrons. The molecule has 5 heteroatoms. The number of carboxylic acids is 1. The first kappa shape index (κ1) is 21.2. The van der Waals surface area contributed by atoms with Crippen molar-refractivity contribution in [1.82, 2.24) is 5.32 Å². The smallest absolute Gasteiger partial charge is 0.375 e. The Morgan fingerprint density at radius 2 is 1.67 bits per heavy atom. The van der Waals surface area contributed by atoms with Crippen LogP contribution in [0.1, 0.15) is 74.8 Å². The number of fused-ring (bicyclic) bond motifs is 1. The monoisotopic (exact) mass is 415 g/mol. The molecule has 2 aromatic rings. The van der Waals surface area contributed by atoms with Crippen LogP contribution < -0.4 is 5.32 Å². The highest BCUT2D eigenvalue weighted by Gasteiger charge is 2.38. The van der Waals surface area contributed by atoms with Gasteiger partial charge in [0.05, 0.1) is 6.54 Å². The van der Waals surface area contributed by atoms with Crippen molar-refractivity contribution in [2.75, 3.05) is 6.54 Å². The fourth-order valence-electron chi connectivity index (χ4n) is 5.48. The van der Waals surface area contributed by atoms with Crippen LogP contribution in [0.4, 0.5) is 8.78 Å². The zero-order chi connectivity index (χ0) is 21.2. The molecule has 2 aliphatic carbocycles. The van der Waals surface area contributed by atoms with Gasteiger partial charge in [-0.1, -0.05) is 49.6 Å². The summed E-state index contributed by atoms with van der Waals surface area (Å²) in [5, 5.41) is 13.3. The van der Waals surface area contributed by atoms with E-state index in [1.54, 1.807) is 0 Å². The molecule has 0 amide bonds. The second-order valence-corrected chi connectivity index (χ2v) is 9.39. The first-order chi connectivity index (χ1) is 14.4. The third-order valence-corrected chi connectivity index (χ3v) is 7.35. The Kier molecular flexibility index (Phi) is 6.10. The largest absolute Gasteiger partial charge is 0.477 e. The molecule has 0 heterocycles. The van der Waals surface area contributed by atoms with Gasteiger partial charge in [-0.15, -0.1) is 0 Å². The molecule has 162 valence electrons. The predicted octanol–water partition coefficient (Wildman–Crippen LogP) is 6.26. The van der Waals surface area contributed by atoms with Crippen LogP contribution in [0.2, 0.25) is 0 Å². The van der Waals surface area contributed by atoms with E-state index < -0.39 is 18.4 Å². The van der Waals surface area contributed by atoms with Crippen molar-refractivity contribution in [3.8, 4) is 0 Å². The molecular formula is C25H31F2NO2. The molecule has 0 bridgehead atoms. The van der Waals surface area contributed by atoms with Gasteiger partial charge in [-0.05, 0) is 77.8 Å². The van der Waals surface area contributed by atoms with Gasteiger partial charge in [-0.3, -0.25) is 0 Å². The maximum absolute atomic E-state index is 13.2. The van der Waals surface area contributed by atoms with Crippen LogP contribution in [-0.4, -0.2) is 23.5 Å². The fourth-order valence-corrected chi connectivity index (χ4v) is 5.48. The molecule has 0 saturated heterocycles. The van der Waals surface area contributed by atoms with E-state index in [0.717, 1.165) is 10.9 Å². The van der Waals surface area contributed by atoms with Crippen molar-refractivity contribution < 1.29 is 18.7 Å². The number of rotatable bonds is 6. The van der Waals surface area contributed by atoms with E-state index in [9.17, 15) is 13.6 Å². The molecule has 2 N–H and O–H groups in total. The predicted molar refractivity (Wildman–Crippen MR) is 115 cm³/mol. The molecule has 0 aliphatic heterocycles. The van der Waals surface area contributed by atoms with Crippen molar-refractivity contribution in [2.24, 2.45) is 5.41 Å². The van der Waals surface area contributed by atoms with E-state index in [0.29, 0.717) is 11.3 Å². The number of hydrogen-bond acceptors (Lipinski definition) is 2. The van der Waals surface area contributed by atoms with Crippen LogP contribution in [0, 0.1) is 5.41 Å². The summed E-state index contributed by atoms with van der Waals surface area (Å²) in [5.41, 5.74) is 2.92. The Labute approximate surface area is 176 Å². The van der Waals surface area contributed by atoms with Crippen molar-refractivity contribution in [2.45, 2.75) is 76.2 Å². The molecule has 0 atom stereocenters. The Hall–Kier alpha value is -2.01. The molecular weight excluding hydrogens is 384 g/mol. The molecule has 0 unspecified atom stereocenters. The van der Waals surface area contributed by atoms with E-state index in [1.807, 2.05) is 18.2 Å². The van der Waals surface area contributed by atoms with Crippen molar-refractivity contribution in [3.63, 3.8) is 0 Å². The van der Waals surface area contributed by atoms with Gasteiger partial charge in [-0.25, -0.2) is 4.79 Å². The maximum Gasteiger partial charge on any atom is 0.375 e. The summed E-state index contributed by atoms with van der Waals surface area (Å²) < 4.78 is 26.4. The highest BCUT2D eigenvalue weighted by molar-refractivity contribution is 5.84. The normalized spacial score (nSPS) is 19.9. The first-order valence-corrected chi connectivity index (χ1v) is 11.2. The average Bonchev–Trinajstić information content (AvgIpc) is 2.74. The van der Waals surface area contributed by atoms with E-state index in [4.69, 9.17) is 5.11 Å². The molecule has 30 heavy (non-hydrogen) atoms. The lowest BCUT2D eigenvalue weighted by molar-refractivity contribution is -0.164. The van der Waals surface area contributed by atoms with Crippen LogP contribution in [0.3, 0.4) is 0 Å². The van der Waals surface area contributed by atoms with Gasteiger partial charge in [-0.2, -0.15) is 8.78 Å². The minimum absolute atomic E-state index is 0.214. The van der Waals surface area contributed by atoms with Gasteiger partial charge in [0.25, 0.3) is 0 Å². The fraction of sp³-hybridized carbons (Fsp3) is 0.560. The SMILES string of the molecule is O=C(O)C(F)(F)CNCc1ccc2cc(C3CCC4(CCCCC4)CC3)ccc2c1. The number of nitrogens with one attached hydrogen (secondary N) is 1. The van der Waals surface area contributed by atoms with E-state index >= 15 is 0 Å². The van der Waals surface area contributed by atoms with Gasteiger partial charge in [0.2, 0.25) is 0 Å². The number of alkyl halides is 2. The number of carbonyl (C=O) groups is 1. The zero-order valence-corrected chi connectivity index (χ0v) is 17.4. The Bertz CT molecular complexity index is 895. The maximum atomic E-state index is 13.2. The summed E-state index contributed by atoms with van der Waals surface area (Å²) in [6.07, 6.45) is 12.4. The van der Waals surface area contributed by atoms with E-state index in [2.05, 4.69) is 23.5 Å². The Morgan fingerprint density at radius 1 is 1.00 bits per heavy atom. The van der Waals surface area contributed by atoms with Crippen molar-refractivity contribution in [3.05, 3.63) is 47.5 Å². The van der Waals surface area contributed by atoms with E-state index in [1.165, 1.54) is 68.7 Å². The Balaban J connectivity index is 1.38. The van der Waals surface area contributed by atoms with Crippen LogP contribution in [0.25, 0.3) is 10.8 Å². The number of aliphatic carboxylic acids is 1. The number of carboxylic acid groups (broad SMARTS) is 1. The molecule has 2 aliphatic rings. The summed E-state index contributed by atoms with van der Waals surface area (Å²) in [6, 6.07) is 12.6. The lowest BCUT2D eigenvalue weighted by Gasteiger charge is -2.43. The van der Waals surface area contributed by atoms with Gasteiger partial charge in [0, 0.05) is 6.54 Å². The van der Waals surface area contributed by atoms with Crippen molar-refractivity contribution in [1.29, 1.82) is 0 Å². The van der Waals surface area contributed by atoms with Gasteiger partial charge < -0.3 is 10.4 Å². The summed E-state index contributed by atoms with van der Waals surface area (Å²) in [4.78, 5) is 10.5. The molecule has 3 nitrogen and oxygen atoms in total. The minimum Gasteiger partial charge on any atom is -0.477 e. The van der Waals surface area contributed by atoms with Crippen LogP contribution in [-0.2, 0) is 11.3 Å². The third-order valence-electron chi connectivity index (χ3n) is 7.35. The molecule has 4 rings (SSSR count). The standard InChI is InChI=1S/C25H31F2NO2/c26-25(27,23(29)30)17-28-16-18-4-5-22-15-21(7-6-20(22)14-18)19-8-12-24(13-9-19)10-2-1-3-11-24/h4-7,14-15,19,28H,1-3,8-13,16-17H2,(H,29,30). The second kappa shape index (κ2) is 8.62. The topological polar surface area (TPSA) is 49.3 Å². The van der Waals surface area contributed by atoms with Crippen molar-refractivity contribution >= 4 is 16.7 Å². The third kappa shape index (κ3) is 4.66. The molecule has 2 aromatic carbocycles. The number of benzene rings is 2. The summed E-state index contributed by atoms with van der Waals surface area (Å²) in [7, 11) is 0. The van der Waals surface area contributed by atoms with Gasteiger partial charge >= 0.3 is 11.9 Å². The van der Waals surface area contributed by atoms with Crippen LogP contribution in [0.5, 0.6) is 0 Å². The number of halogens is 2. The van der Waals surface area contributed by atoms with Crippen LogP contribution in [0.15, 0.2) is 36.4 Å². The summed E-state index contributed by atoms with van der Waals surface area (Å²) in [6.45, 7) is -0.659. The van der Waals surface area contributed by atoms with Gasteiger partial charge in [0.15, 0.2) is 0 Å². The first-order valence-electron chi connectivity index (χ1n) is 11.2. The molecule has 2 saturated carbocycles. The quantitative estimate of drug-likeness (QED) is 0.586. The molecule has 2 fully saturated rings. The highest BCUT2D eigenvalue weighted by atomic mass is 19.3. The van der Waals surface area contributed by atoms with E-state index in [-0.39, 0.29) is 6.54 Å². The second-order valence-electron chi connectivity index (χ2n) is 9.39. The molecule has 1 spiro atoms. The molecule has 0 aromatic heterocycles.